The Morgan fingerprint density at radius 2 is 1.88 bits per heavy atom. The van der Waals surface area contributed by atoms with Crippen molar-refractivity contribution in [2.45, 2.75) is 57.5 Å². The average molecular weight is 373 g/mol. The number of fused-ring (bicyclic) bond motifs is 1. The molecule has 2 aliphatic rings. The number of aromatic nitrogens is 3. The molecule has 2 amide bonds. The second-order valence-electron chi connectivity index (χ2n) is 7.30. The highest BCUT2D eigenvalue weighted by Crippen LogP contribution is 2.37. The van der Waals surface area contributed by atoms with Gasteiger partial charge in [0.2, 0.25) is 11.8 Å². The van der Waals surface area contributed by atoms with Crippen LogP contribution in [0.5, 0.6) is 0 Å². The van der Waals surface area contributed by atoms with Gasteiger partial charge in [-0.1, -0.05) is 30.2 Å². The number of carbonyl (C=O) groups excluding carboxylic acids is 2. The number of nitrogens with zero attached hydrogens (tertiary/aromatic N) is 4. The summed E-state index contributed by atoms with van der Waals surface area (Å²) in [4.78, 5) is 27.1. The summed E-state index contributed by atoms with van der Waals surface area (Å²) in [5.74, 6) is 1.30. The van der Waals surface area contributed by atoms with Crippen LogP contribution in [0.25, 0.3) is 0 Å². The maximum atomic E-state index is 13.1. The van der Waals surface area contributed by atoms with Crippen molar-refractivity contribution in [3.05, 3.63) is 46.5 Å². The highest BCUT2D eigenvalue weighted by molar-refractivity contribution is 6.30. The zero-order valence-electron chi connectivity index (χ0n) is 14.7. The first-order valence-corrected chi connectivity index (χ1v) is 9.38. The SMILES string of the molecule is CC1(c2ccc(Cl)cc2)CC(=O)N(Cc2nnc3n2CCCCC3)C1=O. The van der Waals surface area contributed by atoms with Gasteiger partial charge in [-0.2, -0.15) is 0 Å². The Hall–Kier alpha value is -2.21. The summed E-state index contributed by atoms with van der Waals surface area (Å²) in [5.41, 5.74) is -0.0497. The molecular formula is C19H21ClN4O2. The van der Waals surface area contributed by atoms with E-state index in [0.29, 0.717) is 10.8 Å². The van der Waals surface area contributed by atoms with Gasteiger partial charge in [0.1, 0.15) is 5.82 Å². The summed E-state index contributed by atoms with van der Waals surface area (Å²) in [5, 5.41) is 9.12. The molecule has 26 heavy (non-hydrogen) atoms. The number of aryl methyl sites for hydroxylation is 1. The van der Waals surface area contributed by atoms with Crippen LogP contribution in [0, 0.1) is 0 Å². The van der Waals surface area contributed by atoms with Crippen molar-refractivity contribution < 1.29 is 9.59 Å². The first-order valence-electron chi connectivity index (χ1n) is 9.01. The molecule has 1 aromatic heterocycles. The van der Waals surface area contributed by atoms with Gasteiger partial charge in [-0.15, -0.1) is 10.2 Å². The molecule has 6 nitrogen and oxygen atoms in total. The highest BCUT2D eigenvalue weighted by atomic mass is 35.5. The summed E-state index contributed by atoms with van der Waals surface area (Å²) in [6.07, 6.45) is 4.40. The molecule has 0 N–H and O–H groups in total. The number of likely N-dealkylation sites (tertiary alicyclic amines) is 1. The van der Waals surface area contributed by atoms with Crippen molar-refractivity contribution in [2.75, 3.05) is 0 Å². The molecule has 1 fully saturated rings. The number of halogens is 1. The maximum absolute atomic E-state index is 13.1. The summed E-state index contributed by atoms with van der Waals surface area (Å²) in [6, 6.07) is 7.14. The summed E-state index contributed by atoms with van der Waals surface area (Å²) < 4.78 is 2.07. The van der Waals surface area contributed by atoms with E-state index in [2.05, 4.69) is 14.8 Å². The maximum Gasteiger partial charge on any atom is 0.240 e. The Labute approximate surface area is 157 Å². The first kappa shape index (κ1) is 17.2. The van der Waals surface area contributed by atoms with Crippen molar-refractivity contribution >= 4 is 23.4 Å². The van der Waals surface area contributed by atoms with Crippen molar-refractivity contribution in [1.82, 2.24) is 19.7 Å². The minimum absolute atomic E-state index is 0.161. The number of benzene rings is 1. The normalized spacial score (nSPS) is 23.2. The average Bonchev–Trinajstić information content (AvgIpc) is 2.97. The van der Waals surface area contributed by atoms with E-state index in [9.17, 15) is 9.59 Å². The monoisotopic (exact) mass is 372 g/mol. The Morgan fingerprint density at radius 1 is 1.12 bits per heavy atom. The van der Waals surface area contributed by atoms with E-state index in [4.69, 9.17) is 11.6 Å². The minimum atomic E-state index is -0.858. The minimum Gasteiger partial charge on any atom is -0.313 e. The zero-order valence-corrected chi connectivity index (χ0v) is 15.5. The topological polar surface area (TPSA) is 68.1 Å². The summed E-state index contributed by atoms with van der Waals surface area (Å²) >= 11 is 5.95. The standard InChI is InChI=1S/C19H21ClN4O2/c1-19(13-6-8-14(20)9-7-13)11-17(25)24(18(19)26)12-16-22-21-15-5-3-2-4-10-23(15)16/h6-9H,2-5,10-12H2,1H3. The number of amides is 2. The molecule has 1 aromatic carbocycles. The quantitative estimate of drug-likeness (QED) is 0.777. The molecule has 0 bridgehead atoms. The molecule has 2 aliphatic heterocycles. The first-order chi connectivity index (χ1) is 12.5. The number of rotatable bonds is 3. The van der Waals surface area contributed by atoms with Crippen LogP contribution in [-0.4, -0.2) is 31.5 Å². The molecule has 0 saturated carbocycles. The lowest BCUT2D eigenvalue weighted by molar-refractivity contribution is -0.140. The van der Waals surface area contributed by atoms with Gasteiger partial charge in [0, 0.05) is 24.4 Å². The molecule has 1 unspecified atom stereocenters. The molecular weight excluding hydrogens is 352 g/mol. The fourth-order valence-electron chi connectivity index (χ4n) is 3.89. The van der Waals surface area contributed by atoms with Crippen molar-refractivity contribution in [3.8, 4) is 0 Å². The Bertz CT molecular complexity index is 861. The van der Waals surface area contributed by atoms with Crippen LogP contribution in [0.15, 0.2) is 24.3 Å². The molecule has 2 aromatic rings. The third-order valence-corrected chi connectivity index (χ3v) is 5.74. The smallest absolute Gasteiger partial charge is 0.240 e. The van der Waals surface area contributed by atoms with E-state index in [-0.39, 0.29) is 24.8 Å². The second kappa shape index (κ2) is 6.50. The molecule has 0 aliphatic carbocycles. The second-order valence-corrected chi connectivity index (χ2v) is 7.73. The lowest BCUT2D eigenvalue weighted by atomic mass is 9.81. The molecule has 4 rings (SSSR count). The van der Waals surface area contributed by atoms with Crippen LogP contribution in [-0.2, 0) is 34.5 Å². The molecule has 136 valence electrons. The van der Waals surface area contributed by atoms with E-state index in [1.54, 1.807) is 12.1 Å². The fraction of sp³-hybridized carbons (Fsp3) is 0.474. The van der Waals surface area contributed by atoms with Gasteiger partial charge in [0.25, 0.3) is 0 Å². The van der Waals surface area contributed by atoms with Crippen LogP contribution in [0.1, 0.15) is 49.8 Å². The van der Waals surface area contributed by atoms with E-state index in [0.717, 1.165) is 37.2 Å². The summed E-state index contributed by atoms with van der Waals surface area (Å²) in [7, 11) is 0. The molecule has 7 heteroatoms. The molecule has 3 heterocycles. The van der Waals surface area contributed by atoms with Gasteiger partial charge < -0.3 is 4.57 Å². The lowest BCUT2D eigenvalue weighted by Crippen LogP contribution is -2.36. The van der Waals surface area contributed by atoms with E-state index in [1.807, 2.05) is 19.1 Å². The molecule has 1 atom stereocenters. The van der Waals surface area contributed by atoms with Crippen molar-refractivity contribution in [1.29, 1.82) is 0 Å². The Balaban J connectivity index is 1.60. The summed E-state index contributed by atoms with van der Waals surface area (Å²) in [6.45, 7) is 2.86. The third-order valence-electron chi connectivity index (χ3n) is 5.49. The van der Waals surface area contributed by atoms with Gasteiger partial charge in [-0.3, -0.25) is 14.5 Å². The van der Waals surface area contributed by atoms with Gasteiger partial charge in [-0.25, -0.2) is 0 Å². The Morgan fingerprint density at radius 3 is 2.65 bits per heavy atom. The van der Waals surface area contributed by atoms with Gasteiger partial charge in [-0.05, 0) is 37.5 Å². The van der Waals surface area contributed by atoms with E-state index in [1.165, 1.54) is 11.3 Å². The van der Waals surface area contributed by atoms with Crippen LogP contribution in [0.2, 0.25) is 5.02 Å². The lowest BCUT2D eigenvalue weighted by Gasteiger charge is -2.22. The predicted octanol–water partition coefficient (Wildman–Crippen LogP) is 2.87. The number of hydrogen-bond acceptors (Lipinski definition) is 4. The Kier molecular flexibility index (Phi) is 4.31. The van der Waals surface area contributed by atoms with Crippen LogP contribution < -0.4 is 0 Å². The van der Waals surface area contributed by atoms with Crippen molar-refractivity contribution in [2.24, 2.45) is 0 Å². The van der Waals surface area contributed by atoms with E-state index < -0.39 is 5.41 Å². The van der Waals surface area contributed by atoms with Gasteiger partial charge in [0.15, 0.2) is 5.82 Å². The number of carbonyl (C=O) groups is 2. The van der Waals surface area contributed by atoms with Crippen LogP contribution >= 0.6 is 11.6 Å². The molecule has 1 saturated heterocycles. The fourth-order valence-corrected chi connectivity index (χ4v) is 4.02. The highest BCUT2D eigenvalue weighted by Gasteiger charge is 2.49. The van der Waals surface area contributed by atoms with Crippen molar-refractivity contribution in [3.63, 3.8) is 0 Å². The van der Waals surface area contributed by atoms with Gasteiger partial charge in [0.05, 0.1) is 12.0 Å². The zero-order chi connectivity index (χ0) is 18.3. The number of hydrogen-bond donors (Lipinski definition) is 0. The van der Waals surface area contributed by atoms with E-state index >= 15 is 0 Å². The number of imide groups is 1. The third kappa shape index (κ3) is 2.82. The molecule has 0 spiro atoms. The van der Waals surface area contributed by atoms with Crippen LogP contribution in [0.3, 0.4) is 0 Å². The van der Waals surface area contributed by atoms with Gasteiger partial charge >= 0.3 is 0 Å². The predicted molar refractivity (Wildman–Crippen MR) is 96.6 cm³/mol. The largest absolute Gasteiger partial charge is 0.313 e. The van der Waals surface area contributed by atoms with Crippen LogP contribution in [0.4, 0.5) is 0 Å². The molecule has 0 radical (unpaired) electrons.